The van der Waals surface area contributed by atoms with Crippen molar-refractivity contribution in [2.75, 3.05) is 6.61 Å². The first-order valence-corrected chi connectivity index (χ1v) is 5.88. The molecule has 0 amide bonds. The lowest BCUT2D eigenvalue weighted by molar-refractivity contribution is 0.238. The molecule has 1 heteroatoms. The van der Waals surface area contributed by atoms with Gasteiger partial charge in [-0.3, -0.25) is 0 Å². The molecule has 1 aromatic rings. The van der Waals surface area contributed by atoms with Crippen LogP contribution in [0, 0.1) is 19.8 Å². The third-order valence-electron chi connectivity index (χ3n) is 3.03. The Hall–Kier alpha value is -0.980. The van der Waals surface area contributed by atoms with E-state index in [1.54, 1.807) is 0 Å². The van der Waals surface area contributed by atoms with Crippen molar-refractivity contribution in [1.82, 2.24) is 0 Å². The molecule has 84 valence electrons. The fraction of sp³-hybridized carbons (Fsp3) is 0.571. The molecule has 1 aromatic carbocycles. The Bertz CT molecular complexity index is 280. The van der Waals surface area contributed by atoms with Crippen LogP contribution in [0.25, 0.3) is 0 Å². The van der Waals surface area contributed by atoms with Gasteiger partial charge in [0.2, 0.25) is 0 Å². The van der Waals surface area contributed by atoms with Gasteiger partial charge in [-0.2, -0.15) is 0 Å². The normalized spacial score (nSPS) is 10.7. The highest BCUT2D eigenvalue weighted by Gasteiger charge is 2.07. The van der Waals surface area contributed by atoms with Gasteiger partial charge in [-0.15, -0.1) is 0 Å². The first-order valence-electron chi connectivity index (χ1n) is 5.88. The lowest BCUT2D eigenvalue weighted by Gasteiger charge is -2.16. The van der Waals surface area contributed by atoms with Crippen molar-refractivity contribution in [1.29, 1.82) is 0 Å². The van der Waals surface area contributed by atoms with E-state index < -0.39 is 0 Å². The molecule has 0 atom stereocenters. The molecule has 0 aromatic heterocycles. The Morgan fingerprint density at radius 2 is 1.60 bits per heavy atom. The highest BCUT2D eigenvalue weighted by molar-refractivity contribution is 5.39. The van der Waals surface area contributed by atoms with Gasteiger partial charge >= 0.3 is 0 Å². The van der Waals surface area contributed by atoms with Crippen LogP contribution in [0.15, 0.2) is 18.2 Å². The van der Waals surface area contributed by atoms with E-state index in [4.69, 9.17) is 4.74 Å². The second-order valence-corrected chi connectivity index (χ2v) is 4.21. The molecule has 0 N–H and O–H groups in total. The van der Waals surface area contributed by atoms with Crippen molar-refractivity contribution in [2.24, 2.45) is 5.92 Å². The van der Waals surface area contributed by atoms with Crippen LogP contribution in [0.1, 0.15) is 37.8 Å². The predicted molar refractivity (Wildman–Crippen MR) is 65.5 cm³/mol. The van der Waals surface area contributed by atoms with Gasteiger partial charge in [0.25, 0.3) is 0 Å². The summed E-state index contributed by atoms with van der Waals surface area (Å²) in [5.74, 6) is 1.76. The van der Waals surface area contributed by atoms with Crippen molar-refractivity contribution >= 4 is 0 Å². The lowest BCUT2D eigenvalue weighted by Crippen LogP contribution is -2.11. The van der Waals surface area contributed by atoms with Crippen molar-refractivity contribution in [2.45, 2.75) is 40.5 Å². The largest absolute Gasteiger partial charge is 0.493 e. The fourth-order valence-electron chi connectivity index (χ4n) is 1.75. The number of aryl methyl sites for hydroxylation is 2. The van der Waals surface area contributed by atoms with E-state index in [1.165, 1.54) is 24.0 Å². The second kappa shape index (κ2) is 5.79. The minimum absolute atomic E-state index is 0.684. The van der Waals surface area contributed by atoms with Crippen molar-refractivity contribution in [3.63, 3.8) is 0 Å². The highest BCUT2D eigenvalue weighted by Crippen LogP contribution is 2.23. The van der Waals surface area contributed by atoms with E-state index in [-0.39, 0.29) is 0 Å². The van der Waals surface area contributed by atoms with E-state index in [2.05, 4.69) is 45.9 Å². The molecular weight excluding hydrogens is 184 g/mol. The summed E-state index contributed by atoms with van der Waals surface area (Å²) in [6.45, 7) is 9.51. The molecule has 0 spiro atoms. The smallest absolute Gasteiger partial charge is 0.125 e. The van der Waals surface area contributed by atoms with E-state index in [0.717, 1.165) is 12.4 Å². The topological polar surface area (TPSA) is 9.23 Å². The molecule has 1 rings (SSSR count). The Balaban J connectivity index is 2.64. The maximum atomic E-state index is 5.91. The minimum Gasteiger partial charge on any atom is -0.493 e. The molecule has 0 fully saturated rings. The first-order chi connectivity index (χ1) is 7.19. The SMILES string of the molecule is CCC(CC)COc1c(C)cccc1C. The highest BCUT2D eigenvalue weighted by atomic mass is 16.5. The molecule has 0 saturated heterocycles. The molecule has 0 saturated carbocycles. The maximum Gasteiger partial charge on any atom is 0.125 e. The molecule has 0 bridgehead atoms. The molecule has 0 aliphatic heterocycles. The van der Waals surface area contributed by atoms with Gasteiger partial charge in [0.05, 0.1) is 6.61 Å². The summed E-state index contributed by atoms with van der Waals surface area (Å²) in [7, 11) is 0. The van der Waals surface area contributed by atoms with Crippen molar-refractivity contribution < 1.29 is 4.74 Å². The van der Waals surface area contributed by atoms with Gasteiger partial charge in [-0.25, -0.2) is 0 Å². The summed E-state index contributed by atoms with van der Waals surface area (Å²) >= 11 is 0. The van der Waals surface area contributed by atoms with Gasteiger partial charge in [0.1, 0.15) is 5.75 Å². The van der Waals surface area contributed by atoms with Crippen LogP contribution in [0.4, 0.5) is 0 Å². The second-order valence-electron chi connectivity index (χ2n) is 4.21. The van der Waals surface area contributed by atoms with Gasteiger partial charge < -0.3 is 4.74 Å². The summed E-state index contributed by atoms with van der Waals surface area (Å²) in [6, 6.07) is 6.29. The fourth-order valence-corrected chi connectivity index (χ4v) is 1.75. The Morgan fingerprint density at radius 1 is 1.07 bits per heavy atom. The zero-order chi connectivity index (χ0) is 11.3. The van der Waals surface area contributed by atoms with Crippen LogP contribution < -0.4 is 4.74 Å². The number of ether oxygens (including phenoxy) is 1. The first kappa shape index (κ1) is 12.1. The van der Waals surface area contributed by atoms with Crippen molar-refractivity contribution in [3.05, 3.63) is 29.3 Å². The third-order valence-corrected chi connectivity index (χ3v) is 3.03. The Kier molecular flexibility index (Phi) is 4.67. The van der Waals surface area contributed by atoms with Gasteiger partial charge in [0.15, 0.2) is 0 Å². The van der Waals surface area contributed by atoms with Gasteiger partial charge in [-0.1, -0.05) is 44.9 Å². The number of hydrogen-bond donors (Lipinski definition) is 0. The molecule has 0 unspecified atom stereocenters. The average Bonchev–Trinajstić information content (AvgIpc) is 2.23. The zero-order valence-electron chi connectivity index (χ0n) is 10.3. The van der Waals surface area contributed by atoms with Crippen LogP contribution in [-0.4, -0.2) is 6.61 Å². The van der Waals surface area contributed by atoms with E-state index in [9.17, 15) is 0 Å². The zero-order valence-corrected chi connectivity index (χ0v) is 10.3. The molecule has 0 radical (unpaired) electrons. The number of para-hydroxylation sites is 1. The number of benzene rings is 1. The van der Waals surface area contributed by atoms with E-state index in [0.29, 0.717) is 5.92 Å². The molecule has 1 nitrogen and oxygen atoms in total. The summed E-state index contributed by atoms with van der Waals surface area (Å²) in [5.41, 5.74) is 2.47. The minimum atomic E-state index is 0.684. The molecule has 0 aliphatic carbocycles. The van der Waals surface area contributed by atoms with Gasteiger partial charge in [-0.05, 0) is 30.9 Å². The van der Waals surface area contributed by atoms with Crippen LogP contribution in [0.2, 0.25) is 0 Å². The van der Waals surface area contributed by atoms with Crippen LogP contribution in [-0.2, 0) is 0 Å². The Labute approximate surface area is 93.5 Å². The molecule has 0 aliphatic rings. The molecule has 0 heterocycles. The quantitative estimate of drug-likeness (QED) is 0.704. The maximum absolute atomic E-state index is 5.91. The monoisotopic (exact) mass is 206 g/mol. The van der Waals surface area contributed by atoms with Crippen LogP contribution in [0.3, 0.4) is 0 Å². The average molecular weight is 206 g/mol. The molecule has 15 heavy (non-hydrogen) atoms. The third kappa shape index (κ3) is 3.26. The Morgan fingerprint density at radius 3 is 2.07 bits per heavy atom. The van der Waals surface area contributed by atoms with Crippen molar-refractivity contribution in [3.8, 4) is 5.75 Å². The molecular formula is C14H22O. The van der Waals surface area contributed by atoms with E-state index in [1.807, 2.05) is 0 Å². The van der Waals surface area contributed by atoms with Gasteiger partial charge in [0, 0.05) is 0 Å². The predicted octanol–water partition coefficient (Wildman–Crippen LogP) is 4.12. The van der Waals surface area contributed by atoms with Crippen LogP contribution >= 0.6 is 0 Å². The summed E-state index contributed by atoms with van der Waals surface area (Å²) in [6.07, 6.45) is 2.39. The standard InChI is InChI=1S/C14H22O/c1-5-13(6-2)10-15-14-11(3)8-7-9-12(14)4/h7-9,13H,5-6,10H2,1-4H3. The van der Waals surface area contributed by atoms with Crippen LogP contribution in [0.5, 0.6) is 5.75 Å². The summed E-state index contributed by atoms with van der Waals surface area (Å²) in [4.78, 5) is 0. The van der Waals surface area contributed by atoms with E-state index >= 15 is 0 Å². The summed E-state index contributed by atoms with van der Waals surface area (Å²) in [5, 5.41) is 0. The number of rotatable bonds is 5. The number of hydrogen-bond acceptors (Lipinski definition) is 1. The summed E-state index contributed by atoms with van der Waals surface area (Å²) < 4.78 is 5.91. The lowest BCUT2D eigenvalue weighted by atomic mass is 10.1.